The number of hydrogen-bond acceptors (Lipinski definition) is 5. The van der Waals surface area contributed by atoms with Crippen LogP contribution in [0, 0.1) is 0 Å². The Balaban J connectivity index is 0.00000208. The lowest BCUT2D eigenvalue weighted by Crippen LogP contribution is -2.50. The third-order valence-corrected chi connectivity index (χ3v) is 4.63. The topological polar surface area (TPSA) is 54.0 Å². The number of benzene rings is 1. The van der Waals surface area contributed by atoms with Gasteiger partial charge in [0.15, 0.2) is 11.5 Å². The molecule has 2 heterocycles. The van der Waals surface area contributed by atoms with Crippen LogP contribution in [0.15, 0.2) is 12.1 Å². The number of nitrogens with one attached hydrogen (secondary N) is 1. The van der Waals surface area contributed by atoms with Gasteiger partial charge in [0.05, 0.1) is 20.8 Å². The molecule has 1 fully saturated rings. The molecule has 24 heavy (non-hydrogen) atoms. The first-order chi connectivity index (χ1) is 11.2. The van der Waals surface area contributed by atoms with E-state index in [2.05, 4.69) is 16.3 Å². The number of amides is 1. The Hall–Kier alpha value is -1.50. The van der Waals surface area contributed by atoms with Crippen molar-refractivity contribution in [3.8, 4) is 11.5 Å². The van der Waals surface area contributed by atoms with Crippen LogP contribution in [0.2, 0.25) is 0 Å². The van der Waals surface area contributed by atoms with E-state index >= 15 is 0 Å². The number of carbonyl (C=O) groups is 1. The molecule has 0 saturated carbocycles. The van der Waals surface area contributed by atoms with Gasteiger partial charge >= 0.3 is 0 Å². The molecule has 1 amide bonds. The molecule has 0 radical (unpaired) electrons. The van der Waals surface area contributed by atoms with Gasteiger partial charge in [-0.15, -0.1) is 12.4 Å². The zero-order chi connectivity index (χ0) is 16.2. The van der Waals surface area contributed by atoms with Crippen LogP contribution >= 0.6 is 12.4 Å². The number of rotatable bonds is 4. The standard InChI is InChI=1S/C17H25N3O3.ClH/c1-22-15-9-13-3-6-19(11-14(13)10-16(15)23-2)12-17(21)20-7-4-18-5-8-20;/h9-10,18H,3-8,11-12H2,1-2H3;1H. The lowest BCUT2D eigenvalue weighted by molar-refractivity contribution is -0.133. The summed E-state index contributed by atoms with van der Waals surface area (Å²) in [5.41, 5.74) is 2.51. The molecule has 0 bridgehead atoms. The van der Waals surface area contributed by atoms with Gasteiger partial charge < -0.3 is 19.7 Å². The third-order valence-electron chi connectivity index (χ3n) is 4.63. The summed E-state index contributed by atoms with van der Waals surface area (Å²) >= 11 is 0. The van der Waals surface area contributed by atoms with Crippen LogP contribution in [0.5, 0.6) is 11.5 Å². The summed E-state index contributed by atoms with van der Waals surface area (Å²) in [7, 11) is 3.31. The molecule has 1 aromatic rings. The minimum atomic E-state index is 0. The Kier molecular flexibility index (Phi) is 6.71. The molecule has 3 rings (SSSR count). The largest absolute Gasteiger partial charge is 0.493 e. The number of hydrogen-bond donors (Lipinski definition) is 1. The molecule has 2 aliphatic heterocycles. The van der Waals surface area contributed by atoms with Crippen molar-refractivity contribution in [2.45, 2.75) is 13.0 Å². The van der Waals surface area contributed by atoms with Gasteiger partial charge in [0.25, 0.3) is 0 Å². The second kappa shape index (κ2) is 8.55. The number of halogens is 1. The number of methoxy groups -OCH3 is 2. The molecule has 7 heteroatoms. The Morgan fingerprint density at radius 2 is 1.71 bits per heavy atom. The maximum Gasteiger partial charge on any atom is 0.236 e. The molecule has 134 valence electrons. The normalized spacial score (nSPS) is 17.7. The SMILES string of the molecule is COc1cc2c(cc1OC)CN(CC(=O)N1CCNCC1)CC2.Cl. The highest BCUT2D eigenvalue weighted by atomic mass is 35.5. The van der Waals surface area contributed by atoms with E-state index in [0.717, 1.165) is 57.2 Å². The van der Waals surface area contributed by atoms with E-state index in [1.54, 1.807) is 14.2 Å². The fourth-order valence-electron chi connectivity index (χ4n) is 3.28. The Morgan fingerprint density at radius 3 is 2.33 bits per heavy atom. The fraction of sp³-hybridized carbons (Fsp3) is 0.588. The molecule has 0 unspecified atom stereocenters. The van der Waals surface area contributed by atoms with Crippen LogP contribution in [-0.2, 0) is 17.8 Å². The summed E-state index contributed by atoms with van der Waals surface area (Å²) in [4.78, 5) is 16.6. The van der Waals surface area contributed by atoms with Gasteiger partial charge in [-0.3, -0.25) is 9.69 Å². The number of carbonyl (C=O) groups excluding carboxylic acids is 1. The van der Waals surface area contributed by atoms with E-state index < -0.39 is 0 Å². The van der Waals surface area contributed by atoms with Gasteiger partial charge in [-0.1, -0.05) is 0 Å². The van der Waals surface area contributed by atoms with E-state index in [1.807, 2.05) is 11.0 Å². The Labute approximate surface area is 149 Å². The molecule has 2 aliphatic rings. The van der Waals surface area contributed by atoms with Crippen molar-refractivity contribution in [1.82, 2.24) is 15.1 Å². The quantitative estimate of drug-likeness (QED) is 0.870. The molecular weight excluding hydrogens is 330 g/mol. The molecule has 0 aromatic heterocycles. The van der Waals surface area contributed by atoms with Crippen molar-refractivity contribution in [3.05, 3.63) is 23.3 Å². The van der Waals surface area contributed by atoms with Crippen molar-refractivity contribution >= 4 is 18.3 Å². The summed E-state index contributed by atoms with van der Waals surface area (Å²) in [6.07, 6.45) is 0.935. The van der Waals surface area contributed by atoms with E-state index in [-0.39, 0.29) is 18.3 Å². The smallest absolute Gasteiger partial charge is 0.236 e. The second-order valence-electron chi connectivity index (χ2n) is 6.07. The van der Waals surface area contributed by atoms with Crippen molar-refractivity contribution in [2.24, 2.45) is 0 Å². The van der Waals surface area contributed by atoms with E-state index in [0.29, 0.717) is 6.54 Å². The van der Waals surface area contributed by atoms with Crippen molar-refractivity contribution in [2.75, 3.05) is 53.5 Å². The summed E-state index contributed by atoms with van der Waals surface area (Å²) in [5.74, 6) is 1.76. The molecule has 1 aromatic carbocycles. The minimum absolute atomic E-state index is 0. The average Bonchev–Trinajstić information content (AvgIpc) is 2.61. The van der Waals surface area contributed by atoms with Crippen LogP contribution in [0.1, 0.15) is 11.1 Å². The highest BCUT2D eigenvalue weighted by molar-refractivity contribution is 5.85. The third kappa shape index (κ3) is 4.12. The first kappa shape index (κ1) is 18.8. The predicted molar refractivity (Wildman–Crippen MR) is 95.2 cm³/mol. The first-order valence-corrected chi connectivity index (χ1v) is 8.16. The number of fused-ring (bicyclic) bond motifs is 1. The second-order valence-corrected chi connectivity index (χ2v) is 6.07. The average molecular weight is 356 g/mol. The van der Waals surface area contributed by atoms with Gasteiger partial charge in [-0.2, -0.15) is 0 Å². The zero-order valence-electron chi connectivity index (χ0n) is 14.3. The molecule has 0 aliphatic carbocycles. The van der Waals surface area contributed by atoms with Crippen molar-refractivity contribution in [1.29, 1.82) is 0 Å². The molecule has 1 N–H and O–H groups in total. The highest BCUT2D eigenvalue weighted by Crippen LogP contribution is 2.33. The van der Waals surface area contributed by atoms with E-state index in [1.165, 1.54) is 11.1 Å². The number of ether oxygens (including phenoxy) is 2. The van der Waals surface area contributed by atoms with Crippen LogP contribution in [0.3, 0.4) is 0 Å². The summed E-state index contributed by atoms with van der Waals surface area (Å²) in [6, 6.07) is 4.10. The Bertz CT molecular complexity index is 576. The molecule has 0 spiro atoms. The monoisotopic (exact) mass is 355 g/mol. The number of nitrogens with zero attached hydrogens (tertiary/aromatic N) is 2. The maximum atomic E-state index is 12.4. The lowest BCUT2D eigenvalue weighted by Gasteiger charge is -2.33. The van der Waals surface area contributed by atoms with Crippen molar-refractivity contribution in [3.63, 3.8) is 0 Å². The van der Waals surface area contributed by atoms with Gasteiger partial charge in [0.1, 0.15) is 0 Å². The van der Waals surface area contributed by atoms with Crippen molar-refractivity contribution < 1.29 is 14.3 Å². The molecule has 0 atom stereocenters. The lowest BCUT2D eigenvalue weighted by atomic mass is 9.99. The predicted octanol–water partition coefficient (Wildman–Crippen LogP) is 0.915. The molecular formula is C17H26ClN3O3. The van der Waals surface area contributed by atoms with Crippen LogP contribution < -0.4 is 14.8 Å². The van der Waals surface area contributed by atoms with E-state index in [4.69, 9.17) is 9.47 Å². The molecule has 6 nitrogen and oxygen atoms in total. The van der Waals surface area contributed by atoms with Crippen LogP contribution in [0.25, 0.3) is 0 Å². The zero-order valence-corrected chi connectivity index (χ0v) is 15.2. The van der Waals surface area contributed by atoms with Crippen LogP contribution in [0.4, 0.5) is 0 Å². The Morgan fingerprint density at radius 1 is 1.08 bits per heavy atom. The van der Waals surface area contributed by atoms with Gasteiger partial charge in [-0.05, 0) is 29.7 Å². The van der Waals surface area contributed by atoms with Gasteiger partial charge in [0.2, 0.25) is 5.91 Å². The first-order valence-electron chi connectivity index (χ1n) is 8.16. The highest BCUT2D eigenvalue weighted by Gasteiger charge is 2.23. The minimum Gasteiger partial charge on any atom is -0.493 e. The number of piperazine rings is 1. The van der Waals surface area contributed by atoms with Gasteiger partial charge in [0, 0.05) is 39.3 Å². The fourth-order valence-corrected chi connectivity index (χ4v) is 3.28. The van der Waals surface area contributed by atoms with Crippen LogP contribution in [-0.4, -0.2) is 69.2 Å². The maximum absolute atomic E-state index is 12.4. The summed E-state index contributed by atoms with van der Waals surface area (Å²) in [5, 5.41) is 3.28. The van der Waals surface area contributed by atoms with Gasteiger partial charge in [-0.25, -0.2) is 0 Å². The summed E-state index contributed by atoms with van der Waals surface area (Å²) < 4.78 is 10.8. The molecule has 1 saturated heterocycles. The van der Waals surface area contributed by atoms with E-state index in [9.17, 15) is 4.79 Å². The summed E-state index contributed by atoms with van der Waals surface area (Å²) in [6.45, 7) is 5.60.